The lowest BCUT2D eigenvalue weighted by Crippen LogP contribution is -2.59. The summed E-state index contributed by atoms with van der Waals surface area (Å²) in [4.78, 5) is 80.9. The van der Waals surface area contributed by atoms with Crippen LogP contribution >= 0.6 is 11.6 Å². The maximum Gasteiger partial charge on any atom is 0.471 e. The van der Waals surface area contributed by atoms with Crippen LogP contribution in [0.5, 0.6) is 0 Å². The Labute approximate surface area is 419 Å². The predicted molar refractivity (Wildman–Crippen MR) is 256 cm³/mol. The van der Waals surface area contributed by atoms with Crippen LogP contribution in [0.25, 0.3) is 22.4 Å². The molecule has 7 heterocycles. The number of aromatic nitrogens is 4. The molecule has 3 fully saturated rings. The summed E-state index contributed by atoms with van der Waals surface area (Å²) in [7, 11) is 0. The first-order valence-electron chi connectivity index (χ1n) is 23.8. The molecule has 4 aromatic heterocycles. The molecular formula is C51H51ClF6N10O5. The molecule has 0 radical (unpaired) electrons. The van der Waals surface area contributed by atoms with Crippen LogP contribution in [0.4, 0.5) is 26.3 Å². The van der Waals surface area contributed by atoms with Gasteiger partial charge < -0.3 is 35.5 Å². The van der Waals surface area contributed by atoms with Gasteiger partial charge in [0, 0.05) is 67.1 Å². The van der Waals surface area contributed by atoms with Crippen molar-refractivity contribution in [3.63, 3.8) is 0 Å². The number of alkyl halides is 3. The number of fused-ring (bicyclic) bond motifs is 2. The quantitative estimate of drug-likeness (QED) is 0.103. The van der Waals surface area contributed by atoms with E-state index in [1.165, 1.54) is 49.6 Å². The Hall–Kier alpha value is -7.00. The number of piperidine rings is 2. The third-order valence-electron chi connectivity index (χ3n) is 14.2. The molecule has 5 amide bonds. The maximum absolute atomic E-state index is 14.8. The summed E-state index contributed by atoms with van der Waals surface area (Å²) in [5.41, 5.74) is 1.64. The molecule has 6 aromatic rings. The standard InChI is InChI=1S/C51H51ClF6N10O5/c1-27(2)43(64-49(73)51(56,57)58)45(69)62-39-24-66(13-8-36(39)29-16-33(54)20-34(55)17-29)47(71)38-18-30(23-67-26-59-21-41(38)67)44-60-22-42-37(6-4-11-68(42)44)46(70)65-12-7-35(28-14-31(52)19-32(53)15-28)40(25-65)63-48(72)50(3)9-5-10-61-50/h4,6,11,14-23,26-27,35-36,39-40,43,61H,5,7-10,12-13,24-25H2,1-3H3,(H,62,69)(H,63,72)(H,64,73)/t35-,36-,39+,40+,43+,50-/m0/s1. The van der Waals surface area contributed by atoms with Gasteiger partial charge in [-0.1, -0.05) is 25.4 Å². The zero-order valence-corrected chi connectivity index (χ0v) is 40.5. The van der Waals surface area contributed by atoms with Gasteiger partial charge in [-0.05, 0) is 105 Å². The summed E-state index contributed by atoms with van der Waals surface area (Å²) in [5, 5.41) is 11.1. The molecule has 3 aliphatic rings. The van der Waals surface area contributed by atoms with Crippen molar-refractivity contribution in [2.45, 2.75) is 88.1 Å². The summed E-state index contributed by atoms with van der Waals surface area (Å²) in [6.45, 7) is 5.56. The molecule has 4 N–H and O–H groups in total. The number of halogens is 7. The Bertz CT molecular complexity index is 3100. The molecule has 9 rings (SSSR count). The molecule has 0 aliphatic carbocycles. The Morgan fingerprint density at radius 3 is 2.07 bits per heavy atom. The van der Waals surface area contributed by atoms with Crippen molar-refractivity contribution in [2.24, 2.45) is 5.92 Å². The molecule has 15 nitrogen and oxygen atoms in total. The second kappa shape index (κ2) is 20.1. The summed E-state index contributed by atoms with van der Waals surface area (Å²) < 4.78 is 87.1. The maximum atomic E-state index is 14.8. The van der Waals surface area contributed by atoms with Crippen molar-refractivity contribution in [1.29, 1.82) is 0 Å². The topological polar surface area (TPSA) is 175 Å². The van der Waals surface area contributed by atoms with E-state index in [2.05, 4.69) is 20.9 Å². The van der Waals surface area contributed by atoms with Crippen LogP contribution in [-0.2, 0) is 14.4 Å². The lowest BCUT2D eigenvalue weighted by Gasteiger charge is -2.40. The van der Waals surface area contributed by atoms with Gasteiger partial charge in [0.25, 0.3) is 11.8 Å². The van der Waals surface area contributed by atoms with Crippen LogP contribution in [0.1, 0.15) is 90.1 Å². The smallest absolute Gasteiger partial charge is 0.349 e. The molecule has 73 heavy (non-hydrogen) atoms. The number of carbonyl (C=O) groups is 5. The predicted octanol–water partition coefficient (Wildman–Crippen LogP) is 6.79. The monoisotopic (exact) mass is 1030 g/mol. The highest BCUT2D eigenvalue weighted by atomic mass is 35.5. The minimum atomic E-state index is -5.28. The number of benzene rings is 2. The van der Waals surface area contributed by atoms with Gasteiger partial charge >= 0.3 is 12.1 Å². The van der Waals surface area contributed by atoms with Crippen molar-refractivity contribution < 1.29 is 50.3 Å². The zero-order valence-electron chi connectivity index (χ0n) is 39.8. The molecule has 0 bridgehead atoms. The molecule has 22 heteroatoms. The second-order valence-corrected chi connectivity index (χ2v) is 20.0. The Morgan fingerprint density at radius 1 is 0.822 bits per heavy atom. The fourth-order valence-electron chi connectivity index (χ4n) is 10.5. The van der Waals surface area contributed by atoms with Crippen LogP contribution in [0.2, 0.25) is 5.02 Å². The molecule has 0 saturated carbocycles. The summed E-state index contributed by atoms with van der Waals surface area (Å²) in [6.07, 6.45) is 4.52. The van der Waals surface area contributed by atoms with E-state index in [9.17, 15) is 50.3 Å². The van der Waals surface area contributed by atoms with E-state index >= 15 is 0 Å². The second-order valence-electron chi connectivity index (χ2n) is 19.5. The number of pyridine rings is 2. The normalized spacial score (nSPS) is 21.9. The van der Waals surface area contributed by atoms with Crippen LogP contribution in [-0.4, -0.2) is 121 Å². The first-order valence-corrected chi connectivity index (χ1v) is 24.2. The molecule has 3 saturated heterocycles. The van der Waals surface area contributed by atoms with Crippen molar-refractivity contribution in [2.75, 3.05) is 32.7 Å². The van der Waals surface area contributed by atoms with Gasteiger partial charge in [0.1, 0.15) is 29.3 Å². The number of imidazole rings is 2. The summed E-state index contributed by atoms with van der Waals surface area (Å²) in [5.74, 6) is -8.36. The highest BCUT2D eigenvalue weighted by Gasteiger charge is 2.44. The highest BCUT2D eigenvalue weighted by Crippen LogP contribution is 2.35. The fourth-order valence-corrected chi connectivity index (χ4v) is 10.7. The van der Waals surface area contributed by atoms with Crippen molar-refractivity contribution in [1.82, 2.24) is 49.8 Å². The van der Waals surface area contributed by atoms with Crippen LogP contribution in [0.3, 0.4) is 0 Å². The molecule has 0 spiro atoms. The van der Waals surface area contributed by atoms with Crippen molar-refractivity contribution in [3.8, 4) is 11.4 Å². The van der Waals surface area contributed by atoms with Gasteiger partial charge in [0.15, 0.2) is 0 Å². The van der Waals surface area contributed by atoms with Crippen molar-refractivity contribution >= 4 is 52.2 Å². The fraction of sp³-hybridized carbons (Fsp3) is 0.392. The number of rotatable bonds is 11. The third kappa shape index (κ3) is 10.5. The van der Waals surface area contributed by atoms with Gasteiger partial charge in [-0.2, -0.15) is 13.2 Å². The van der Waals surface area contributed by atoms with E-state index in [0.717, 1.165) is 18.6 Å². The number of carbonyl (C=O) groups excluding carboxylic acids is 5. The van der Waals surface area contributed by atoms with Gasteiger partial charge in [0.05, 0.1) is 58.5 Å². The molecular weight excluding hydrogens is 982 g/mol. The van der Waals surface area contributed by atoms with E-state index in [1.807, 2.05) is 6.92 Å². The number of nitrogens with zero attached hydrogens (tertiary/aromatic N) is 6. The molecule has 6 atom stereocenters. The van der Waals surface area contributed by atoms with E-state index in [0.29, 0.717) is 59.0 Å². The number of amides is 5. The SMILES string of the molecule is CC(C)[C@@H](NC(=O)C(F)(F)F)C(=O)N[C@@H]1CN(C(=O)c2cc(-c3ncc4c(C(=O)N5CC[C@@H](c6cc(F)cc(Cl)c6)[C@H](NC(=O)[C@]6(C)CCCN6)C5)cccn34)cn3cncc23)CC[C@H]1c1cc(F)cc(F)c1. The Kier molecular flexibility index (Phi) is 14.0. The number of likely N-dealkylation sites (tertiary alicyclic amines) is 2. The Balaban J connectivity index is 0.995. The van der Waals surface area contributed by atoms with Crippen LogP contribution in [0, 0.1) is 23.4 Å². The lowest BCUT2D eigenvalue weighted by atomic mass is 9.84. The molecule has 0 unspecified atom stereocenters. The largest absolute Gasteiger partial charge is 0.471 e. The van der Waals surface area contributed by atoms with Crippen molar-refractivity contribution in [3.05, 3.63) is 130 Å². The van der Waals surface area contributed by atoms with E-state index in [1.54, 1.807) is 55.7 Å². The summed E-state index contributed by atoms with van der Waals surface area (Å²) >= 11 is 6.28. The van der Waals surface area contributed by atoms with Crippen LogP contribution < -0.4 is 21.3 Å². The zero-order chi connectivity index (χ0) is 52.1. The lowest BCUT2D eigenvalue weighted by molar-refractivity contribution is -0.175. The van der Waals surface area contributed by atoms with Gasteiger partial charge in [-0.25, -0.2) is 23.1 Å². The van der Waals surface area contributed by atoms with Gasteiger partial charge in [0.2, 0.25) is 11.8 Å². The first-order chi connectivity index (χ1) is 34.7. The minimum Gasteiger partial charge on any atom is -0.349 e. The number of hydrogen-bond acceptors (Lipinski definition) is 8. The average molecular weight is 1030 g/mol. The third-order valence-corrected chi connectivity index (χ3v) is 14.5. The number of hydrogen-bond donors (Lipinski definition) is 4. The average Bonchev–Trinajstić information content (AvgIpc) is 4.12. The highest BCUT2D eigenvalue weighted by molar-refractivity contribution is 6.30. The van der Waals surface area contributed by atoms with E-state index in [4.69, 9.17) is 16.6 Å². The molecule has 2 aromatic carbocycles. The van der Waals surface area contributed by atoms with E-state index < -0.39 is 76.8 Å². The first kappa shape index (κ1) is 50.9. The van der Waals surface area contributed by atoms with E-state index in [-0.39, 0.29) is 66.5 Å². The molecule has 3 aliphatic heterocycles. The van der Waals surface area contributed by atoms with Gasteiger partial charge in [-0.3, -0.25) is 28.4 Å². The Morgan fingerprint density at radius 2 is 1.45 bits per heavy atom. The van der Waals surface area contributed by atoms with Gasteiger partial charge in [-0.15, -0.1) is 0 Å². The minimum absolute atomic E-state index is 0.0305. The molecule has 384 valence electrons. The summed E-state index contributed by atoms with van der Waals surface area (Å²) in [6, 6.07) is 8.74. The van der Waals surface area contributed by atoms with Crippen LogP contribution in [0.15, 0.2) is 85.7 Å². The number of nitrogens with one attached hydrogen (secondary N) is 4.